The zero-order valence-electron chi connectivity index (χ0n) is 33.8. The van der Waals surface area contributed by atoms with Gasteiger partial charge < -0.3 is 34.3 Å². The molecule has 0 unspecified atom stereocenters. The number of carbonyl (C=O) groups excluding carboxylic acids is 4. The average molecular weight is 880 g/mol. The maximum atomic E-state index is 14.1. The van der Waals surface area contributed by atoms with Crippen molar-refractivity contribution in [2.24, 2.45) is 4.99 Å². The summed E-state index contributed by atoms with van der Waals surface area (Å²) in [4.78, 5) is 60.2. The fourth-order valence-corrected chi connectivity index (χ4v) is 7.69. The van der Waals surface area contributed by atoms with Crippen molar-refractivity contribution in [1.29, 1.82) is 0 Å². The van der Waals surface area contributed by atoms with Crippen LogP contribution in [0, 0.1) is 6.92 Å². The Morgan fingerprint density at radius 2 is 0.952 bits per heavy atom. The van der Waals surface area contributed by atoms with Gasteiger partial charge in [0.15, 0.2) is 34.0 Å². The summed E-state index contributed by atoms with van der Waals surface area (Å²) in [6.45, 7) is 1.49. The van der Waals surface area contributed by atoms with E-state index in [-0.39, 0.29) is 32.5 Å². The molecular weight excluding hydrogens is 839 g/mol. The number of aryl methyl sites for hydroxylation is 1. The van der Waals surface area contributed by atoms with Gasteiger partial charge >= 0.3 is 23.9 Å². The molecule has 7 rings (SSSR count). The molecule has 0 aromatic heterocycles. The largest absolute Gasteiger partial charge is 0.459 e. The number of amidine groups is 1. The molecule has 1 saturated heterocycles. The van der Waals surface area contributed by atoms with Crippen LogP contribution in [0.4, 0.5) is 11.4 Å². The Hall–Kier alpha value is -7.13. The van der Waals surface area contributed by atoms with Crippen molar-refractivity contribution in [3.63, 3.8) is 0 Å². The first-order valence-corrected chi connectivity index (χ1v) is 21.1. The number of thioether (sulfide) groups is 1. The molecule has 0 spiro atoms. The third-order valence-corrected chi connectivity index (χ3v) is 10.7. The quantitative estimate of drug-likeness (QED) is 0.0396. The molecule has 1 aliphatic rings. The van der Waals surface area contributed by atoms with E-state index in [4.69, 9.17) is 40.9 Å². The number of nitrogens with one attached hydrogen (secondary N) is 2. The van der Waals surface area contributed by atoms with Gasteiger partial charge in [-0.1, -0.05) is 120 Å². The Kier molecular flexibility index (Phi) is 15.1. The number of anilines is 2. The molecule has 1 fully saturated rings. The minimum absolute atomic E-state index is 0.0773. The standard InChI is InChI=1S/C49H41N3O9S2/c1-32-27-29-38(30-28-32)50-48(62)52-49(51-37-25-15-6-16-26-37)63-47-42(61-46(56)36-23-13-5-14-24-36)41(60-45(55)35-21-11-4-12-22-35)40(59-44(54)34-19-9-3-10-20-34)39(58-47)31-57-43(53)33-17-7-2-8-18-33/h2-30,39-42,47H,31H2,1H3,(H2,50,51,52,62)/t39-,40-,41+,42-,47+/m1/s1. The predicted molar refractivity (Wildman–Crippen MR) is 245 cm³/mol. The van der Waals surface area contributed by atoms with Gasteiger partial charge in [0.2, 0.25) is 0 Å². The van der Waals surface area contributed by atoms with Crippen molar-refractivity contribution in [3.8, 4) is 0 Å². The lowest BCUT2D eigenvalue weighted by atomic mass is 9.98. The molecule has 0 amide bonds. The van der Waals surface area contributed by atoms with Crippen LogP contribution in [0.2, 0.25) is 0 Å². The molecule has 6 aromatic rings. The predicted octanol–water partition coefficient (Wildman–Crippen LogP) is 9.15. The van der Waals surface area contributed by atoms with E-state index in [0.717, 1.165) is 17.3 Å². The molecule has 1 heterocycles. The fraction of sp³-hybridized carbons (Fsp3) is 0.143. The highest BCUT2D eigenvalue weighted by atomic mass is 32.2. The van der Waals surface area contributed by atoms with Gasteiger partial charge in [-0.15, -0.1) is 0 Å². The normalized spacial score (nSPS) is 18.2. The number of hydrogen-bond acceptors (Lipinski definition) is 11. The van der Waals surface area contributed by atoms with Crippen LogP contribution in [0.3, 0.4) is 0 Å². The summed E-state index contributed by atoms with van der Waals surface area (Å²) in [5.74, 6) is -3.09. The van der Waals surface area contributed by atoms with Crippen molar-refractivity contribution in [3.05, 3.63) is 204 Å². The molecule has 0 aliphatic carbocycles. The van der Waals surface area contributed by atoms with Crippen molar-refractivity contribution < 1.29 is 42.9 Å². The molecule has 0 saturated carbocycles. The highest BCUT2D eigenvalue weighted by Crippen LogP contribution is 2.36. The highest BCUT2D eigenvalue weighted by Gasteiger charge is 2.54. The van der Waals surface area contributed by atoms with Crippen molar-refractivity contribution in [2.45, 2.75) is 36.8 Å². The lowest BCUT2D eigenvalue weighted by Gasteiger charge is -2.44. The molecule has 318 valence electrons. The summed E-state index contributed by atoms with van der Waals surface area (Å²) in [5.41, 5.74) is 1.89. The number of thiocarbonyl (C=S) groups is 1. The lowest BCUT2D eigenvalue weighted by molar-refractivity contribution is -0.207. The van der Waals surface area contributed by atoms with E-state index in [1.807, 2.05) is 61.5 Å². The van der Waals surface area contributed by atoms with Crippen LogP contribution in [-0.2, 0) is 23.7 Å². The zero-order chi connectivity index (χ0) is 44.0. The number of hydrogen-bond donors (Lipinski definition) is 2. The minimum atomic E-state index is -1.56. The average Bonchev–Trinajstić information content (AvgIpc) is 3.32. The first-order chi connectivity index (χ1) is 30.7. The number of para-hydroxylation sites is 1. The number of ether oxygens (including phenoxy) is 5. The molecule has 0 bridgehead atoms. The smallest absolute Gasteiger partial charge is 0.338 e. The molecule has 6 aromatic carbocycles. The molecule has 63 heavy (non-hydrogen) atoms. The van der Waals surface area contributed by atoms with Gasteiger partial charge in [0.25, 0.3) is 0 Å². The highest BCUT2D eigenvalue weighted by molar-refractivity contribution is 8.14. The van der Waals surface area contributed by atoms with Crippen molar-refractivity contribution in [2.75, 3.05) is 17.2 Å². The first-order valence-electron chi connectivity index (χ1n) is 19.8. The van der Waals surface area contributed by atoms with Gasteiger partial charge in [0.05, 0.1) is 22.3 Å². The Labute approximate surface area is 373 Å². The van der Waals surface area contributed by atoms with Gasteiger partial charge in [-0.25, -0.2) is 19.2 Å². The van der Waals surface area contributed by atoms with Gasteiger partial charge in [-0.05, 0) is 91.9 Å². The summed E-state index contributed by atoms with van der Waals surface area (Å²) < 4.78 is 31.2. The summed E-state index contributed by atoms with van der Waals surface area (Å²) >= 11 is 6.68. The minimum Gasteiger partial charge on any atom is -0.459 e. The monoisotopic (exact) mass is 879 g/mol. The molecule has 5 atom stereocenters. The van der Waals surface area contributed by atoms with E-state index < -0.39 is 60.3 Å². The Morgan fingerprint density at radius 3 is 1.44 bits per heavy atom. The number of esters is 4. The van der Waals surface area contributed by atoms with Crippen LogP contribution in [0.5, 0.6) is 0 Å². The molecule has 12 nitrogen and oxygen atoms in total. The summed E-state index contributed by atoms with van der Waals surface area (Å²) in [7, 11) is 0. The van der Waals surface area contributed by atoms with Crippen LogP contribution in [0.1, 0.15) is 47.0 Å². The second kappa shape index (κ2) is 21.6. The first kappa shape index (κ1) is 43.9. The number of aliphatic imine (C=N–C) groups is 1. The Balaban J connectivity index is 1.32. The van der Waals surface area contributed by atoms with Crippen LogP contribution in [-0.4, -0.2) is 70.6 Å². The molecular formula is C49H41N3O9S2. The SMILES string of the molecule is Cc1ccc(NC(=S)/N=C(/Nc2ccccc2)S[C@@H]2O[C@H](COC(=O)c3ccccc3)[C@@H](OC(=O)c3ccccc3)[C@H](OC(=O)c3ccccc3)[C@H]2OC(=O)c2ccccc2)cc1. The summed E-state index contributed by atoms with van der Waals surface area (Å²) in [6, 6.07) is 49.6. The molecule has 1 aliphatic heterocycles. The second-order valence-electron chi connectivity index (χ2n) is 14.0. The van der Waals surface area contributed by atoms with Crippen LogP contribution in [0.15, 0.2) is 181 Å². The third kappa shape index (κ3) is 12.3. The summed E-state index contributed by atoms with van der Waals surface area (Å²) in [5, 5.41) is 6.66. The molecule has 0 radical (unpaired) electrons. The van der Waals surface area contributed by atoms with Gasteiger partial charge in [0, 0.05) is 11.4 Å². The van der Waals surface area contributed by atoms with Crippen LogP contribution < -0.4 is 10.6 Å². The number of nitrogens with zero attached hydrogens (tertiary/aromatic N) is 1. The van der Waals surface area contributed by atoms with Crippen LogP contribution >= 0.6 is 24.0 Å². The third-order valence-electron chi connectivity index (χ3n) is 9.50. The van der Waals surface area contributed by atoms with Crippen molar-refractivity contribution >= 4 is 69.5 Å². The van der Waals surface area contributed by atoms with E-state index in [9.17, 15) is 19.2 Å². The van der Waals surface area contributed by atoms with Gasteiger partial charge in [-0.3, -0.25) is 0 Å². The fourth-order valence-electron chi connectivity index (χ4n) is 6.34. The Morgan fingerprint density at radius 1 is 0.540 bits per heavy atom. The molecule has 14 heteroatoms. The van der Waals surface area contributed by atoms with E-state index in [1.165, 1.54) is 0 Å². The van der Waals surface area contributed by atoms with Gasteiger partial charge in [-0.2, -0.15) is 4.99 Å². The number of benzene rings is 6. The zero-order valence-corrected chi connectivity index (χ0v) is 35.4. The van der Waals surface area contributed by atoms with Gasteiger partial charge in [0.1, 0.15) is 12.7 Å². The maximum Gasteiger partial charge on any atom is 0.338 e. The molecule has 2 N–H and O–H groups in total. The lowest BCUT2D eigenvalue weighted by Crippen LogP contribution is -2.62. The van der Waals surface area contributed by atoms with Crippen LogP contribution in [0.25, 0.3) is 0 Å². The Bertz CT molecular complexity index is 2520. The number of carbonyl (C=O) groups is 4. The summed E-state index contributed by atoms with van der Waals surface area (Å²) in [6.07, 6.45) is -5.86. The topological polar surface area (TPSA) is 151 Å². The van der Waals surface area contributed by atoms with E-state index >= 15 is 0 Å². The van der Waals surface area contributed by atoms with E-state index in [1.54, 1.807) is 121 Å². The van der Waals surface area contributed by atoms with E-state index in [2.05, 4.69) is 10.6 Å². The maximum absolute atomic E-state index is 14.1. The van der Waals surface area contributed by atoms with E-state index in [0.29, 0.717) is 11.4 Å². The number of rotatable bonds is 12. The van der Waals surface area contributed by atoms with Crippen molar-refractivity contribution in [1.82, 2.24) is 0 Å². The second-order valence-corrected chi connectivity index (χ2v) is 15.5.